The topological polar surface area (TPSA) is 49.7 Å². The molecule has 0 aliphatic carbocycles. The van der Waals surface area contributed by atoms with E-state index in [9.17, 15) is 0 Å². The molecule has 1 aliphatic rings. The normalized spacial score (nSPS) is 15.3. The second-order valence-electron chi connectivity index (χ2n) is 5.22. The molecule has 106 valence electrons. The first-order valence-corrected chi connectivity index (χ1v) is 7.39. The van der Waals surface area contributed by atoms with Gasteiger partial charge >= 0.3 is 0 Å². The van der Waals surface area contributed by atoms with Crippen LogP contribution in [0.2, 0.25) is 0 Å². The number of rotatable bonds is 3. The highest BCUT2D eigenvalue weighted by atomic mass is 32.1. The van der Waals surface area contributed by atoms with Crippen LogP contribution >= 0.6 is 12.2 Å². The van der Waals surface area contributed by atoms with Gasteiger partial charge in [0.15, 0.2) is 4.77 Å². The maximum Gasteiger partial charge on any atom is 0.196 e. The zero-order valence-electron chi connectivity index (χ0n) is 11.9. The Kier molecular flexibility index (Phi) is 3.67. The molecule has 1 aliphatic heterocycles. The minimum absolute atomic E-state index is 0.581. The van der Waals surface area contributed by atoms with E-state index >= 15 is 0 Å². The predicted molar refractivity (Wildman–Crippen MR) is 79.9 cm³/mol. The summed E-state index contributed by atoms with van der Waals surface area (Å²) < 4.78 is 2.63. The molecule has 3 heterocycles. The molecule has 0 atom stereocenters. The van der Waals surface area contributed by atoms with Crippen LogP contribution in [-0.4, -0.2) is 31.2 Å². The van der Waals surface area contributed by atoms with Crippen LogP contribution < -0.4 is 0 Å². The van der Waals surface area contributed by atoms with Gasteiger partial charge in [0.2, 0.25) is 0 Å². The van der Waals surface area contributed by atoms with Crippen LogP contribution in [0.1, 0.15) is 29.4 Å². The summed E-state index contributed by atoms with van der Waals surface area (Å²) in [7, 11) is 0. The first-order chi connectivity index (χ1) is 9.67. The fourth-order valence-electron chi connectivity index (χ4n) is 2.74. The van der Waals surface area contributed by atoms with Crippen LogP contribution in [0.5, 0.6) is 0 Å². The summed E-state index contributed by atoms with van der Waals surface area (Å²) in [4.78, 5) is 9.82. The summed E-state index contributed by atoms with van der Waals surface area (Å²) in [5.74, 6) is 0. The third-order valence-electron chi connectivity index (χ3n) is 3.95. The molecule has 0 unspecified atom stereocenters. The van der Waals surface area contributed by atoms with Crippen molar-refractivity contribution >= 4 is 12.2 Å². The quantitative estimate of drug-likeness (QED) is 0.880. The van der Waals surface area contributed by atoms with Crippen LogP contribution in [0, 0.1) is 11.7 Å². The lowest BCUT2D eigenvalue weighted by atomic mass is 10.1. The van der Waals surface area contributed by atoms with E-state index in [1.54, 1.807) is 0 Å². The van der Waals surface area contributed by atoms with Gasteiger partial charge in [-0.05, 0) is 26.1 Å². The van der Waals surface area contributed by atoms with Crippen LogP contribution in [0.4, 0.5) is 0 Å². The summed E-state index contributed by atoms with van der Waals surface area (Å²) in [5, 5.41) is 4.41. The molecule has 0 amide bonds. The maximum atomic E-state index is 5.07. The van der Waals surface area contributed by atoms with Gasteiger partial charge in [0.05, 0.1) is 6.20 Å². The summed E-state index contributed by atoms with van der Waals surface area (Å²) in [6.45, 7) is 8.09. The highest BCUT2D eigenvalue weighted by Crippen LogP contribution is 2.19. The highest BCUT2D eigenvalue weighted by Gasteiger charge is 2.18. The second kappa shape index (κ2) is 5.46. The Labute approximate surface area is 123 Å². The number of fused-ring (bicyclic) bond motifs is 1. The minimum Gasteiger partial charge on any atom is -0.334 e. The second-order valence-corrected chi connectivity index (χ2v) is 5.61. The standard InChI is InChI=1S/C14H19N5S/c1-3-19-10(2)11(7-16-19)8-18-5-4-13-12(9-18)6-15-14(20)17-13/h6-7H,3-5,8-9H2,1-2H3,(H,15,17,20). The van der Waals surface area contributed by atoms with Crippen molar-refractivity contribution in [3.63, 3.8) is 0 Å². The number of aromatic nitrogens is 4. The number of H-pyrrole nitrogens is 1. The molecule has 20 heavy (non-hydrogen) atoms. The average Bonchev–Trinajstić information content (AvgIpc) is 2.80. The van der Waals surface area contributed by atoms with E-state index in [1.165, 1.54) is 22.5 Å². The number of aromatic amines is 1. The number of hydrogen-bond acceptors (Lipinski definition) is 4. The Morgan fingerprint density at radius 3 is 3.00 bits per heavy atom. The number of aryl methyl sites for hydroxylation is 1. The van der Waals surface area contributed by atoms with Crippen LogP contribution in [0.3, 0.4) is 0 Å². The molecule has 0 saturated carbocycles. The van der Waals surface area contributed by atoms with Crippen molar-refractivity contribution in [3.8, 4) is 0 Å². The Morgan fingerprint density at radius 2 is 2.25 bits per heavy atom. The third kappa shape index (κ3) is 2.53. The van der Waals surface area contributed by atoms with Crippen LogP contribution in [-0.2, 0) is 26.1 Å². The smallest absolute Gasteiger partial charge is 0.196 e. The molecule has 2 aromatic rings. The van der Waals surface area contributed by atoms with Crippen LogP contribution in [0.15, 0.2) is 12.4 Å². The van der Waals surface area contributed by atoms with Gasteiger partial charge in [0.25, 0.3) is 0 Å². The van der Waals surface area contributed by atoms with E-state index in [2.05, 4.69) is 33.8 Å². The molecule has 1 N–H and O–H groups in total. The predicted octanol–water partition coefficient (Wildman–Crippen LogP) is 2.22. The van der Waals surface area contributed by atoms with E-state index < -0.39 is 0 Å². The van der Waals surface area contributed by atoms with Gasteiger partial charge in [0, 0.05) is 61.3 Å². The van der Waals surface area contributed by atoms with Crippen molar-refractivity contribution in [3.05, 3.63) is 39.7 Å². The van der Waals surface area contributed by atoms with Gasteiger partial charge in [-0.25, -0.2) is 4.98 Å². The summed E-state index contributed by atoms with van der Waals surface area (Å²) in [6.07, 6.45) is 4.90. The molecule has 2 aromatic heterocycles. The van der Waals surface area contributed by atoms with Crippen molar-refractivity contribution in [2.75, 3.05) is 6.54 Å². The summed E-state index contributed by atoms with van der Waals surface area (Å²) >= 11 is 5.07. The van der Waals surface area contributed by atoms with Crippen molar-refractivity contribution in [2.24, 2.45) is 0 Å². The lowest BCUT2D eigenvalue weighted by molar-refractivity contribution is 0.242. The fraction of sp³-hybridized carbons (Fsp3) is 0.500. The SMILES string of the molecule is CCn1ncc(CN2CCc3[nH]c(=S)ncc3C2)c1C. The maximum absolute atomic E-state index is 5.07. The molecule has 0 bridgehead atoms. The van der Waals surface area contributed by atoms with E-state index in [0.29, 0.717) is 4.77 Å². The van der Waals surface area contributed by atoms with Gasteiger partial charge in [-0.15, -0.1) is 0 Å². The number of nitrogens with one attached hydrogen (secondary N) is 1. The van der Waals surface area contributed by atoms with Gasteiger partial charge in [-0.3, -0.25) is 9.58 Å². The first kappa shape index (κ1) is 13.5. The molecular weight excluding hydrogens is 270 g/mol. The third-order valence-corrected chi connectivity index (χ3v) is 4.16. The molecule has 0 spiro atoms. The zero-order valence-corrected chi connectivity index (χ0v) is 12.7. The number of hydrogen-bond donors (Lipinski definition) is 1. The van der Waals surface area contributed by atoms with Crippen molar-refractivity contribution < 1.29 is 0 Å². The average molecular weight is 289 g/mol. The Hall–Kier alpha value is -1.53. The zero-order chi connectivity index (χ0) is 14.1. The summed E-state index contributed by atoms with van der Waals surface area (Å²) in [6, 6.07) is 0. The van der Waals surface area contributed by atoms with E-state index in [0.717, 1.165) is 32.6 Å². The molecular formula is C14H19N5S. The molecule has 3 rings (SSSR count). The summed E-state index contributed by atoms with van der Waals surface area (Å²) in [5.41, 5.74) is 5.07. The highest BCUT2D eigenvalue weighted by molar-refractivity contribution is 7.71. The van der Waals surface area contributed by atoms with Gasteiger partial charge < -0.3 is 4.98 Å². The van der Waals surface area contributed by atoms with Gasteiger partial charge in [0.1, 0.15) is 0 Å². The van der Waals surface area contributed by atoms with Crippen LogP contribution in [0.25, 0.3) is 0 Å². The Morgan fingerprint density at radius 1 is 1.40 bits per heavy atom. The minimum atomic E-state index is 0.581. The van der Waals surface area contributed by atoms with Crippen molar-refractivity contribution in [2.45, 2.75) is 39.9 Å². The lowest BCUT2D eigenvalue weighted by Crippen LogP contribution is -2.31. The van der Waals surface area contributed by atoms with E-state index in [4.69, 9.17) is 12.2 Å². The monoisotopic (exact) mass is 289 g/mol. The van der Waals surface area contributed by atoms with Crippen molar-refractivity contribution in [1.82, 2.24) is 24.6 Å². The Balaban J connectivity index is 1.75. The van der Waals surface area contributed by atoms with Gasteiger partial charge in [-0.2, -0.15) is 5.10 Å². The number of nitrogens with zero attached hydrogens (tertiary/aromatic N) is 4. The van der Waals surface area contributed by atoms with E-state index in [-0.39, 0.29) is 0 Å². The van der Waals surface area contributed by atoms with Crippen molar-refractivity contribution in [1.29, 1.82) is 0 Å². The first-order valence-electron chi connectivity index (χ1n) is 6.98. The molecule has 0 radical (unpaired) electrons. The largest absolute Gasteiger partial charge is 0.334 e. The fourth-order valence-corrected chi connectivity index (χ4v) is 2.92. The van der Waals surface area contributed by atoms with Gasteiger partial charge in [-0.1, -0.05) is 0 Å². The molecule has 5 nitrogen and oxygen atoms in total. The Bertz CT molecular complexity index is 672. The molecule has 0 saturated heterocycles. The van der Waals surface area contributed by atoms with E-state index in [1.807, 2.05) is 17.1 Å². The molecule has 0 fully saturated rings. The molecule has 6 heteroatoms. The lowest BCUT2D eigenvalue weighted by Gasteiger charge is -2.28. The molecule has 0 aromatic carbocycles.